The van der Waals surface area contributed by atoms with Crippen LogP contribution in [-0.2, 0) is 4.74 Å². The average molecular weight is 254 g/mol. The van der Waals surface area contributed by atoms with Crippen molar-refractivity contribution >= 4 is 23.0 Å². The van der Waals surface area contributed by atoms with Gasteiger partial charge in [0, 0.05) is 25.2 Å². The quantitative estimate of drug-likeness (QED) is 0.790. The summed E-state index contributed by atoms with van der Waals surface area (Å²) in [5.41, 5.74) is 7.42. The number of methoxy groups -OCH3 is 1. The van der Waals surface area contributed by atoms with E-state index in [1.807, 2.05) is 11.0 Å². The molecule has 17 heavy (non-hydrogen) atoms. The van der Waals surface area contributed by atoms with Gasteiger partial charge in [0.25, 0.3) is 0 Å². The molecule has 0 unspecified atom stereocenters. The summed E-state index contributed by atoms with van der Waals surface area (Å²) in [5.74, 6) is 0. The monoisotopic (exact) mass is 253 g/mol. The molecule has 5 heteroatoms. The summed E-state index contributed by atoms with van der Waals surface area (Å²) < 4.78 is 5.05. The number of nitriles is 1. The van der Waals surface area contributed by atoms with Crippen LogP contribution in [0.15, 0.2) is 18.2 Å². The van der Waals surface area contributed by atoms with E-state index in [1.54, 1.807) is 19.2 Å². The molecule has 0 spiro atoms. The van der Waals surface area contributed by atoms with Crippen molar-refractivity contribution in [3.05, 3.63) is 23.2 Å². The van der Waals surface area contributed by atoms with E-state index >= 15 is 0 Å². The van der Waals surface area contributed by atoms with Crippen molar-refractivity contribution < 1.29 is 4.74 Å². The smallest absolute Gasteiger partial charge is 0.0640 e. The number of halogens is 1. The molecule has 0 saturated heterocycles. The average Bonchev–Trinajstić information content (AvgIpc) is 2.30. The maximum atomic E-state index is 8.64. The minimum absolute atomic E-state index is 0.450. The van der Waals surface area contributed by atoms with E-state index in [2.05, 4.69) is 6.07 Å². The molecule has 1 rings (SSSR count). The van der Waals surface area contributed by atoms with E-state index in [-0.39, 0.29) is 0 Å². The normalized spacial score (nSPS) is 9.94. The second-order valence-electron chi connectivity index (χ2n) is 3.59. The Morgan fingerprint density at radius 1 is 1.47 bits per heavy atom. The van der Waals surface area contributed by atoms with Gasteiger partial charge in [0.15, 0.2) is 0 Å². The highest BCUT2D eigenvalue weighted by molar-refractivity contribution is 6.31. The first-order valence-electron chi connectivity index (χ1n) is 5.35. The predicted octanol–water partition coefficient (Wildman–Crippen LogP) is 2.29. The van der Waals surface area contributed by atoms with Gasteiger partial charge in [0.1, 0.15) is 0 Å². The fraction of sp³-hybridized carbons (Fsp3) is 0.417. The van der Waals surface area contributed by atoms with Gasteiger partial charge in [-0.05, 0) is 18.2 Å². The van der Waals surface area contributed by atoms with Crippen LogP contribution in [0.3, 0.4) is 0 Å². The van der Waals surface area contributed by atoms with Crippen LogP contribution in [0.2, 0.25) is 5.02 Å². The molecule has 4 nitrogen and oxygen atoms in total. The number of nitrogen functional groups attached to an aromatic ring is 1. The zero-order valence-electron chi connectivity index (χ0n) is 9.82. The van der Waals surface area contributed by atoms with E-state index < -0.39 is 0 Å². The summed E-state index contributed by atoms with van der Waals surface area (Å²) in [5, 5.41) is 9.25. The van der Waals surface area contributed by atoms with Crippen molar-refractivity contribution in [2.45, 2.75) is 6.42 Å². The fourth-order valence-electron chi connectivity index (χ4n) is 1.55. The highest BCUT2D eigenvalue weighted by Crippen LogP contribution is 2.26. The first-order chi connectivity index (χ1) is 8.19. The summed E-state index contributed by atoms with van der Waals surface area (Å²) in [6, 6.07) is 7.49. The maximum Gasteiger partial charge on any atom is 0.0640 e. The minimum atomic E-state index is 0.450. The van der Waals surface area contributed by atoms with Crippen molar-refractivity contribution in [1.82, 2.24) is 0 Å². The van der Waals surface area contributed by atoms with Crippen LogP contribution in [0.4, 0.5) is 11.4 Å². The Kier molecular flexibility index (Phi) is 5.61. The Bertz CT molecular complexity index is 403. The molecule has 0 saturated carbocycles. The van der Waals surface area contributed by atoms with Gasteiger partial charge >= 0.3 is 0 Å². The van der Waals surface area contributed by atoms with Gasteiger partial charge in [-0.2, -0.15) is 5.26 Å². The zero-order valence-corrected chi connectivity index (χ0v) is 10.6. The first-order valence-corrected chi connectivity index (χ1v) is 5.72. The fourth-order valence-corrected chi connectivity index (χ4v) is 1.73. The Labute approximate surface area is 107 Å². The van der Waals surface area contributed by atoms with E-state index in [0.717, 1.165) is 5.69 Å². The van der Waals surface area contributed by atoms with Gasteiger partial charge in [-0.3, -0.25) is 0 Å². The standard InChI is InChI=1S/C12H16ClN3O/c1-17-8-7-16(6-2-5-14)12-4-3-10(13)9-11(12)15/h3-4,9H,2,6-8,15H2,1H3. The Hall–Kier alpha value is -1.44. The maximum absolute atomic E-state index is 8.64. The lowest BCUT2D eigenvalue weighted by molar-refractivity contribution is 0.205. The molecule has 0 aliphatic carbocycles. The zero-order chi connectivity index (χ0) is 12.7. The number of rotatable bonds is 6. The summed E-state index contributed by atoms with van der Waals surface area (Å²) in [6.07, 6.45) is 0.450. The number of hydrogen-bond acceptors (Lipinski definition) is 4. The number of anilines is 2. The van der Waals surface area contributed by atoms with Crippen LogP contribution >= 0.6 is 11.6 Å². The number of hydrogen-bond donors (Lipinski definition) is 1. The van der Waals surface area contributed by atoms with Crippen molar-refractivity contribution in [2.75, 3.05) is 37.4 Å². The van der Waals surface area contributed by atoms with E-state index in [1.165, 1.54) is 0 Å². The molecule has 92 valence electrons. The highest BCUT2D eigenvalue weighted by Gasteiger charge is 2.09. The van der Waals surface area contributed by atoms with Crippen LogP contribution in [0.1, 0.15) is 6.42 Å². The Morgan fingerprint density at radius 3 is 2.82 bits per heavy atom. The third-order valence-corrected chi connectivity index (χ3v) is 2.62. The molecule has 0 atom stereocenters. The molecule has 0 amide bonds. The Balaban J connectivity index is 2.83. The second kappa shape index (κ2) is 7.00. The van der Waals surface area contributed by atoms with Crippen LogP contribution < -0.4 is 10.6 Å². The molecule has 0 aliphatic rings. The van der Waals surface area contributed by atoms with Crippen LogP contribution in [-0.4, -0.2) is 26.8 Å². The third-order valence-electron chi connectivity index (χ3n) is 2.39. The van der Waals surface area contributed by atoms with Gasteiger partial charge in [0.05, 0.1) is 30.5 Å². The first kappa shape index (κ1) is 13.6. The van der Waals surface area contributed by atoms with E-state index in [0.29, 0.717) is 36.8 Å². The van der Waals surface area contributed by atoms with Gasteiger partial charge in [-0.25, -0.2) is 0 Å². The lowest BCUT2D eigenvalue weighted by Crippen LogP contribution is -2.28. The third kappa shape index (κ3) is 4.14. The van der Waals surface area contributed by atoms with Crippen LogP contribution in [0, 0.1) is 11.3 Å². The van der Waals surface area contributed by atoms with Crippen molar-refractivity contribution in [3.8, 4) is 6.07 Å². The summed E-state index contributed by atoms with van der Waals surface area (Å²) in [6.45, 7) is 1.92. The lowest BCUT2D eigenvalue weighted by Gasteiger charge is -2.25. The molecular weight excluding hydrogens is 238 g/mol. The summed E-state index contributed by atoms with van der Waals surface area (Å²) in [4.78, 5) is 2.03. The molecule has 0 aliphatic heterocycles. The molecule has 0 aromatic heterocycles. The van der Waals surface area contributed by atoms with Crippen molar-refractivity contribution in [3.63, 3.8) is 0 Å². The Morgan fingerprint density at radius 2 is 2.24 bits per heavy atom. The van der Waals surface area contributed by atoms with E-state index in [9.17, 15) is 0 Å². The molecular formula is C12H16ClN3O. The predicted molar refractivity (Wildman–Crippen MR) is 70.2 cm³/mol. The minimum Gasteiger partial charge on any atom is -0.397 e. The summed E-state index contributed by atoms with van der Waals surface area (Å²) >= 11 is 5.85. The molecule has 2 N–H and O–H groups in total. The van der Waals surface area contributed by atoms with Gasteiger partial charge in [0.2, 0.25) is 0 Å². The molecule has 0 fully saturated rings. The SMILES string of the molecule is COCCN(CCC#N)c1ccc(Cl)cc1N. The van der Waals surface area contributed by atoms with Gasteiger partial charge < -0.3 is 15.4 Å². The van der Waals surface area contributed by atoms with Crippen LogP contribution in [0.5, 0.6) is 0 Å². The molecule has 0 bridgehead atoms. The van der Waals surface area contributed by atoms with Gasteiger partial charge in [-0.15, -0.1) is 0 Å². The number of nitrogens with zero attached hydrogens (tertiary/aromatic N) is 2. The summed E-state index contributed by atoms with van der Waals surface area (Å²) in [7, 11) is 1.65. The topological polar surface area (TPSA) is 62.3 Å². The molecule has 0 radical (unpaired) electrons. The van der Waals surface area contributed by atoms with Gasteiger partial charge in [-0.1, -0.05) is 11.6 Å². The van der Waals surface area contributed by atoms with Crippen molar-refractivity contribution in [1.29, 1.82) is 5.26 Å². The number of ether oxygens (including phenoxy) is 1. The molecule has 1 aromatic carbocycles. The number of nitrogens with two attached hydrogens (primary N) is 1. The van der Waals surface area contributed by atoms with Crippen molar-refractivity contribution in [2.24, 2.45) is 0 Å². The lowest BCUT2D eigenvalue weighted by atomic mass is 10.2. The number of benzene rings is 1. The largest absolute Gasteiger partial charge is 0.397 e. The highest BCUT2D eigenvalue weighted by atomic mass is 35.5. The molecule has 0 heterocycles. The second-order valence-corrected chi connectivity index (χ2v) is 4.03. The van der Waals surface area contributed by atoms with Crippen LogP contribution in [0.25, 0.3) is 0 Å². The molecule has 1 aromatic rings. The van der Waals surface area contributed by atoms with E-state index in [4.69, 9.17) is 27.3 Å².